The molecule has 0 spiro atoms. The molecule has 1 aromatic carbocycles. The summed E-state index contributed by atoms with van der Waals surface area (Å²) < 4.78 is 4.98. The standard InChI is InChI=1S/C13H17NO4/c1-4-14-12(16)9(3)18-13(17)10-7-5-6-8(2)11(10)15/h5-7,9,15H,4H2,1-3H3,(H,14,16)/t9-/m0/s1. The highest BCUT2D eigenvalue weighted by atomic mass is 16.5. The second-order valence-electron chi connectivity index (χ2n) is 3.91. The number of carbonyl (C=O) groups excluding carboxylic acids is 2. The van der Waals surface area contributed by atoms with Crippen molar-refractivity contribution in [3.05, 3.63) is 29.3 Å². The van der Waals surface area contributed by atoms with E-state index in [1.54, 1.807) is 26.0 Å². The van der Waals surface area contributed by atoms with Gasteiger partial charge in [-0.1, -0.05) is 12.1 Å². The fourth-order valence-electron chi connectivity index (χ4n) is 1.42. The molecule has 0 bridgehead atoms. The van der Waals surface area contributed by atoms with Crippen LogP contribution in [0.3, 0.4) is 0 Å². The molecule has 5 heteroatoms. The third-order valence-electron chi connectivity index (χ3n) is 2.46. The van der Waals surface area contributed by atoms with Crippen molar-refractivity contribution in [1.29, 1.82) is 0 Å². The Balaban J connectivity index is 2.77. The van der Waals surface area contributed by atoms with Crippen LogP contribution in [0.25, 0.3) is 0 Å². The van der Waals surface area contributed by atoms with Crippen molar-refractivity contribution >= 4 is 11.9 Å². The zero-order valence-electron chi connectivity index (χ0n) is 10.7. The van der Waals surface area contributed by atoms with Gasteiger partial charge in [0.15, 0.2) is 6.10 Å². The van der Waals surface area contributed by atoms with Gasteiger partial charge in [-0.05, 0) is 32.4 Å². The van der Waals surface area contributed by atoms with Crippen molar-refractivity contribution < 1.29 is 19.4 Å². The average molecular weight is 251 g/mol. The van der Waals surface area contributed by atoms with Crippen molar-refractivity contribution in [2.45, 2.75) is 26.9 Å². The molecule has 0 aliphatic rings. The van der Waals surface area contributed by atoms with Gasteiger partial charge >= 0.3 is 5.97 Å². The van der Waals surface area contributed by atoms with E-state index in [0.717, 1.165) is 0 Å². The highest BCUT2D eigenvalue weighted by Crippen LogP contribution is 2.22. The number of rotatable bonds is 4. The summed E-state index contributed by atoms with van der Waals surface area (Å²) in [4.78, 5) is 23.2. The van der Waals surface area contributed by atoms with E-state index in [2.05, 4.69) is 5.32 Å². The Hall–Kier alpha value is -2.04. The zero-order chi connectivity index (χ0) is 13.7. The van der Waals surface area contributed by atoms with Crippen LogP contribution in [-0.2, 0) is 9.53 Å². The molecule has 0 fully saturated rings. The number of aryl methyl sites for hydroxylation is 1. The van der Waals surface area contributed by atoms with E-state index in [1.165, 1.54) is 13.0 Å². The summed E-state index contributed by atoms with van der Waals surface area (Å²) in [5.41, 5.74) is 0.640. The van der Waals surface area contributed by atoms with Gasteiger partial charge in [0.25, 0.3) is 5.91 Å². The summed E-state index contributed by atoms with van der Waals surface area (Å²) in [5.74, 6) is -1.20. The molecule has 0 aliphatic heterocycles. The molecule has 0 unspecified atom stereocenters. The fraction of sp³-hybridized carbons (Fsp3) is 0.385. The summed E-state index contributed by atoms with van der Waals surface area (Å²) in [6.07, 6.45) is -0.891. The van der Waals surface area contributed by atoms with Crippen molar-refractivity contribution in [2.75, 3.05) is 6.54 Å². The Kier molecular flexibility index (Phi) is 4.71. The van der Waals surface area contributed by atoms with Gasteiger partial charge in [0.2, 0.25) is 0 Å². The molecule has 1 rings (SSSR count). The van der Waals surface area contributed by atoms with Gasteiger partial charge in [0.1, 0.15) is 11.3 Å². The summed E-state index contributed by atoms with van der Waals surface area (Å²) in [6.45, 7) is 5.41. The minimum atomic E-state index is -0.891. The van der Waals surface area contributed by atoms with Crippen LogP contribution in [0.4, 0.5) is 0 Å². The Bertz CT molecular complexity index is 456. The first kappa shape index (κ1) is 14.0. The SMILES string of the molecule is CCNC(=O)[C@H](C)OC(=O)c1cccc(C)c1O. The molecule has 1 atom stereocenters. The normalized spacial score (nSPS) is 11.7. The van der Waals surface area contributed by atoms with Crippen LogP contribution in [0.5, 0.6) is 5.75 Å². The molecule has 0 aromatic heterocycles. The Morgan fingerprint density at radius 1 is 1.44 bits per heavy atom. The molecule has 1 aromatic rings. The fourth-order valence-corrected chi connectivity index (χ4v) is 1.42. The molecule has 1 amide bonds. The predicted octanol–water partition coefficient (Wildman–Crippen LogP) is 1.38. The molecular weight excluding hydrogens is 234 g/mol. The number of para-hydroxylation sites is 1. The van der Waals surface area contributed by atoms with E-state index >= 15 is 0 Å². The zero-order valence-corrected chi connectivity index (χ0v) is 10.7. The van der Waals surface area contributed by atoms with E-state index in [4.69, 9.17) is 4.74 Å². The highest BCUT2D eigenvalue weighted by Gasteiger charge is 2.20. The van der Waals surface area contributed by atoms with Crippen LogP contribution >= 0.6 is 0 Å². The number of phenols is 1. The second kappa shape index (κ2) is 6.05. The molecular formula is C13H17NO4. The van der Waals surface area contributed by atoms with Crippen LogP contribution in [0, 0.1) is 6.92 Å². The van der Waals surface area contributed by atoms with Crippen molar-refractivity contribution in [3.63, 3.8) is 0 Å². The van der Waals surface area contributed by atoms with Crippen LogP contribution in [0.1, 0.15) is 29.8 Å². The largest absolute Gasteiger partial charge is 0.507 e. The molecule has 0 radical (unpaired) electrons. The number of aromatic hydroxyl groups is 1. The number of benzene rings is 1. The third kappa shape index (κ3) is 3.23. The van der Waals surface area contributed by atoms with Crippen LogP contribution in [0.15, 0.2) is 18.2 Å². The molecule has 0 saturated heterocycles. The third-order valence-corrected chi connectivity index (χ3v) is 2.46. The smallest absolute Gasteiger partial charge is 0.342 e. The van der Waals surface area contributed by atoms with Gasteiger partial charge in [-0.25, -0.2) is 4.79 Å². The summed E-state index contributed by atoms with van der Waals surface area (Å²) in [6, 6.07) is 4.77. The number of esters is 1. The number of phenolic OH excluding ortho intramolecular Hbond substituents is 1. The monoisotopic (exact) mass is 251 g/mol. The number of carbonyl (C=O) groups is 2. The van der Waals surface area contributed by atoms with Gasteiger partial charge in [-0.15, -0.1) is 0 Å². The minimum Gasteiger partial charge on any atom is -0.507 e. The van der Waals surface area contributed by atoms with Crippen LogP contribution in [0.2, 0.25) is 0 Å². The molecule has 2 N–H and O–H groups in total. The highest BCUT2D eigenvalue weighted by molar-refractivity contribution is 5.94. The second-order valence-corrected chi connectivity index (χ2v) is 3.91. The van der Waals surface area contributed by atoms with Gasteiger partial charge in [-0.2, -0.15) is 0 Å². The lowest BCUT2D eigenvalue weighted by Crippen LogP contribution is -2.35. The maximum atomic E-state index is 11.8. The van der Waals surface area contributed by atoms with Gasteiger partial charge < -0.3 is 15.2 Å². The van der Waals surface area contributed by atoms with E-state index < -0.39 is 12.1 Å². The Morgan fingerprint density at radius 2 is 2.11 bits per heavy atom. The lowest BCUT2D eigenvalue weighted by molar-refractivity contribution is -0.128. The van der Waals surface area contributed by atoms with E-state index in [-0.39, 0.29) is 17.2 Å². The molecule has 5 nitrogen and oxygen atoms in total. The number of likely N-dealkylation sites (N-methyl/N-ethyl adjacent to an activating group) is 1. The Labute approximate surface area is 106 Å². The number of ether oxygens (including phenoxy) is 1. The number of hydrogen-bond acceptors (Lipinski definition) is 4. The number of nitrogens with one attached hydrogen (secondary N) is 1. The molecule has 98 valence electrons. The van der Waals surface area contributed by atoms with Crippen LogP contribution < -0.4 is 5.32 Å². The summed E-state index contributed by atoms with van der Waals surface area (Å²) >= 11 is 0. The van der Waals surface area contributed by atoms with Gasteiger partial charge in [0.05, 0.1) is 0 Å². The quantitative estimate of drug-likeness (QED) is 0.793. The van der Waals surface area contributed by atoms with Crippen molar-refractivity contribution in [2.24, 2.45) is 0 Å². The lowest BCUT2D eigenvalue weighted by Gasteiger charge is -2.13. The predicted molar refractivity (Wildman–Crippen MR) is 66.4 cm³/mol. The van der Waals surface area contributed by atoms with Crippen molar-refractivity contribution in [1.82, 2.24) is 5.32 Å². The first-order valence-electron chi connectivity index (χ1n) is 5.74. The van der Waals surface area contributed by atoms with Gasteiger partial charge in [-0.3, -0.25) is 4.79 Å². The van der Waals surface area contributed by atoms with Crippen molar-refractivity contribution in [3.8, 4) is 5.75 Å². The lowest BCUT2D eigenvalue weighted by atomic mass is 10.1. The average Bonchev–Trinajstić information content (AvgIpc) is 2.32. The molecule has 18 heavy (non-hydrogen) atoms. The molecule has 0 saturated carbocycles. The number of hydrogen-bond donors (Lipinski definition) is 2. The first-order valence-corrected chi connectivity index (χ1v) is 5.74. The Morgan fingerprint density at radius 3 is 2.72 bits per heavy atom. The van der Waals surface area contributed by atoms with Crippen LogP contribution in [-0.4, -0.2) is 29.6 Å². The molecule has 0 aliphatic carbocycles. The minimum absolute atomic E-state index is 0.0612. The molecule has 0 heterocycles. The van der Waals surface area contributed by atoms with E-state index in [9.17, 15) is 14.7 Å². The summed E-state index contributed by atoms with van der Waals surface area (Å²) in [7, 11) is 0. The topological polar surface area (TPSA) is 75.6 Å². The first-order chi connectivity index (χ1) is 8.47. The van der Waals surface area contributed by atoms with E-state index in [0.29, 0.717) is 12.1 Å². The number of amides is 1. The summed E-state index contributed by atoms with van der Waals surface area (Å²) in [5, 5.41) is 12.3. The van der Waals surface area contributed by atoms with E-state index in [1.807, 2.05) is 0 Å². The van der Waals surface area contributed by atoms with Gasteiger partial charge in [0, 0.05) is 6.54 Å². The maximum Gasteiger partial charge on any atom is 0.342 e. The maximum absolute atomic E-state index is 11.8.